The van der Waals surface area contributed by atoms with Gasteiger partial charge in [-0.15, -0.1) is 0 Å². The molecule has 0 aliphatic carbocycles. The number of hydrogen-bond acceptors (Lipinski definition) is 3. The minimum atomic E-state index is -0.533. The molecule has 0 radical (unpaired) electrons. The van der Waals surface area contributed by atoms with Crippen molar-refractivity contribution in [3.05, 3.63) is 54.1 Å². The Morgan fingerprint density at radius 1 is 1.00 bits per heavy atom. The molecule has 1 aliphatic rings. The summed E-state index contributed by atoms with van der Waals surface area (Å²) in [6.07, 6.45) is 0. The zero-order valence-electron chi connectivity index (χ0n) is 10.3. The Morgan fingerprint density at radius 2 is 1.74 bits per heavy atom. The average molecular weight is 253 g/mol. The van der Waals surface area contributed by atoms with E-state index in [4.69, 9.17) is 4.74 Å². The van der Waals surface area contributed by atoms with Crippen LogP contribution in [-0.4, -0.2) is 18.8 Å². The molecule has 19 heavy (non-hydrogen) atoms. The minimum Gasteiger partial charge on any atom is -0.497 e. The number of ether oxygens (including phenoxy) is 1. The van der Waals surface area contributed by atoms with Crippen LogP contribution in [0.5, 0.6) is 5.75 Å². The van der Waals surface area contributed by atoms with Gasteiger partial charge in [-0.05, 0) is 24.3 Å². The Kier molecular flexibility index (Phi) is 2.56. The van der Waals surface area contributed by atoms with Gasteiger partial charge in [-0.1, -0.05) is 18.2 Å². The summed E-state index contributed by atoms with van der Waals surface area (Å²) in [5, 5.41) is 0. The number of anilines is 2. The number of para-hydroxylation sites is 1. The number of amides is 1. The Bertz CT molecular complexity index is 664. The van der Waals surface area contributed by atoms with E-state index in [-0.39, 0.29) is 0 Å². The van der Waals surface area contributed by atoms with Crippen molar-refractivity contribution in [1.29, 1.82) is 0 Å². The third-order valence-corrected chi connectivity index (χ3v) is 3.10. The molecule has 0 fully saturated rings. The summed E-state index contributed by atoms with van der Waals surface area (Å²) in [5.41, 5.74) is 1.66. The molecule has 1 heterocycles. The first kappa shape index (κ1) is 11.5. The van der Waals surface area contributed by atoms with Crippen LogP contribution in [0.15, 0.2) is 48.5 Å². The summed E-state index contributed by atoms with van der Waals surface area (Å²) >= 11 is 0. The fraction of sp³-hybridized carbons (Fsp3) is 0.0667. The second-order valence-electron chi connectivity index (χ2n) is 4.19. The van der Waals surface area contributed by atoms with Crippen LogP contribution in [0.4, 0.5) is 11.4 Å². The predicted octanol–water partition coefficient (Wildman–Crippen LogP) is 2.56. The number of nitrogens with zero attached hydrogens (tertiary/aromatic N) is 1. The molecule has 0 N–H and O–H groups in total. The number of Topliss-reactive ketones (excluding diaryl/α,β-unsaturated/α-hetero) is 1. The molecule has 0 saturated carbocycles. The number of carbonyl (C=O) groups excluding carboxylic acids is 2. The van der Waals surface area contributed by atoms with Gasteiger partial charge in [0, 0.05) is 11.8 Å². The van der Waals surface area contributed by atoms with Gasteiger partial charge in [0.1, 0.15) is 5.75 Å². The van der Waals surface area contributed by atoms with Crippen molar-refractivity contribution < 1.29 is 14.3 Å². The van der Waals surface area contributed by atoms with E-state index < -0.39 is 11.7 Å². The first-order valence-corrected chi connectivity index (χ1v) is 5.84. The van der Waals surface area contributed by atoms with E-state index in [1.807, 2.05) is 18.2 Å². The second kappa shape index (κ2) is 4.24. The highest BCUT2D eigenvalue weighted by Crippen LogP contribution is 2.37. The molecule has 94 valence electrons. The first-order valence-electron chi connectivity index (χ1n) is 5.84. The second-order valence-corrected chi connectivity index (χ2v) is 4.19. The molecule has 2 aromatic rings. The number of carbonyl (C=O) groups is 2. The van der Waals surface area contributed by atoms with Crippen molar-refractivity contribution in [2.24, 2.45) is 0 Å². The number of hydrogen-bond donors (Lipinski definition) is 0. The lowest BCUT2D eigenvalue weighted by Gasteiger charge is -2.16. The van der Waals surface area contributed by atoms with Gasteiger partial charge in [0.25, 0.3) is 5.78 Å². The highest BCUT2D eigenvalue weighted by atomic mass is 16.5. The van der Waals surface area contributed by atoms with Crippen LogP contribution in [0.1, 0.15) is 10.4 Å². The van der Waals surface area contributed by atoms with Crippen LogP contribution in [0.2, 0.25) is 0 Å². The van der Waals surface area contributed by atoms with E-state index in [0.29, 0.717) is 22.7 Å². The number of ketones is 1. The van der Waals surface area contributed by atoms with Crippen molar-refractivity contribution >= 4 is 23.1 Å². The summed E-state index contributed by atoms with van der Waals surface area (Å²) in [7, 11) is 1.55. The largest absolute Gasteiger partial charge is 0.497 e. The molecule has 3 rings (SSSR count). The van der Waals surface area contributed by atoms with Crippen LogP contribution >= 0.6 is 0 Å². The fourth-order valence-electron chi connectivity index (χ4n) is 2.17. The molecule has 0 spiro atoms. The zero-order chi connectivity index (χ0) is 13.4. The SMILES string of the molecule is COc1ccc2c(c1)N(c1ccccc1)C(=O)C2=O. The summed E-state index contributed by atoms with van der Waals surface area (Å²) in [6, 6.07) is 14.1. The van der Waals surface area contributed by atoms with Crippen LogP contribution in [-0.2, 0) is 4.79 Å². The van der Waals surface area contributed by atoms with Crippen LogP contribution in [0.25, 0.3) is 0 Å². The van der Waals surface area contributed by atoms with E-state index in [9.17, 15) is 9.59 Å². The maximum absolute atomic E-state index is 12.1. The minimum absolute atomic E-state index is 0.412. The lowest BCUT2D eigenvalue weighted by atomic mass is 10.1. The summed E-state index contributed by atoms with van der Waals surface area (Å²) < 4.78 is 5.14. The van der Waals surface area contributed by atoms with Crippen molar-refractivity contribution in [2.75, 3.05) is 12.0 Å². The average Bonchev–Trinajstić information content (AvgIpc) is 2.71. The summed E-state index contributed by atoms with van der Waals surface area (Å²) in [4.78, 5) is 25.5. The van der Waals surface area contributed by atoms with Gasteiger partial charge >= 0.3 is 5.91 Å². The van der Waals surface area contributed by atoms with Gasteiger partial charge in [-0.25, -0.2) is 0 Å². The third kappa shape index (κ3) is 1.69. The van der Waals surface area contributed by atoms with E-state index >= 15 is 0 Å². The molecule has 2 aromatic carbocycles. The first-order chi connectivity index (χ1) is 9.22. The maximum Gasteiger partial charge on any atom is 0.304 e. The molecule has 0 aromatic heterocycles. The lowest BCUT2D eigenvalue weighted by molar-refractivity contribution is -0.113. The van der Waals surface area contributed by atoms with E-state index in [1.165, 1.54) is 4.90 Å². The van der Waals surface area contributed by atoms with Crippen molar-refractivity contribution in [2.45, 2.75) is 0 Å². The third-order valence-electron chi connectivity index (χ3n) is 3.10. The van der Waals surface area contributed by atoms with Gasteiger partial charge in [0.15, 0.2) is 0 Å². The van der Waals surface area contributed by atoms with E-state index in [1.54, 1.807) is 37.4 Å². The lowest BCUT2D eigenvalue weighted by Crippen LogP contribution is -2.24. The van der Waals surface area contributed by atoms with Crippen LogP contribution in [0, 0.1) is 0 Å². The predicted molar refractivity (Wildman–Crippen MR) is 70.9 cm³/mol. The summed E-state index contributed by atoms with van der Waals surface area (Å²) in [5.74, 6) is -0.404. The molecule has 0 saturated heterocycles. The molecule has 1 aliphatic heterocycles. The quantitative estimate of drug-likeness (QED) is 0.773. The van der Waals surface area contributed by atoms with Gasteiger partial charge in [-0.2, -0.15) is 0 Å². The highest BCUT2D eigenvalue weighted by molar-refractivity contribution is 6.53. The topological polar surface area (TPSA) is 46.6 Å². The number of rotatable bonds is 2. The molecular weight excluding hydrogens is 242 g/mol. The zero-order valence-corrected chi connectivity index (χ0v) is 10.3. The molecule has 0 unspecified atom stereocenters. The molecule has 1 amide bonds. The van der Waals surface area contributed by atoms with E-state index in [0.717, 1.165) is 0 Å². The van der Waals surface area contributed by atoms with Gasteiger partial charge in [-0.3, -0.25) is 14.5 Å². The molecule has 4 nitrogen and oxygen atoms in total. The number of fused-ring (bicyclic) bond motifs is 1. The Hall–Kier alpha value is -2.62. The Labute approximate surface area is 110 Å². The molecular formula is C15H11NO3. The maximum atomic E-state index is 12.1. The molecule has 4 heteroatoms. The van der Waals surface area contributed by atoms with Gasteiger partial charge < -0.3 is 4.74 Å². The normalized spacial score (nSPS) is 13.6. The van der Waals surface area contributed by atoms with Gasteiger partial charge in [0.2, 0.25) is 0 Å². The van der Waals surface area contributed by atoms with Crippen molar-refractivity contribution in [3.8, 4) is 5.75 Å². The van der Waals surface area contributed by atoms with Crippen LogP contribution < -0.4 is 9.64 Å². The number of benzene rings is 2. The Morgan fingerprint density at radius 3 is 2.42 bits per heavy atom. The monoisotopic (exact) mass is 253 g/mol. The fourth-order valence-corrected chi connectivity index (χ4v) is 2.17. The smallest absolute Gasteiger partial charge is 0.304 e. The van der Waals surface area contributed by atoms with Crippen molar-refractivity contribution in [3.63, 3.8) is 0 Å². The van der Waals surface area contributed by atoms with Gasteiger partial charge in [0.05, 0.1) is 18.4 Å². The molecule has 0 atom stereocenters. The summed E-state index contributed by atoms with van der Waals surface area (Å²) in [6.45, 7) is 0. The van der Waals surface area contributed by atoms with Crippen LogP contribution in [0.3, 0.4) is 0 Å². The number of methoxy groups -OCH3 is 1. The van der Waals surface area contributed by atoms with Crippen molar-refractivity contribution in [1.82, 2.24) is 0 Å². The van der Waals surface area contributed by atoms with E-state index in [2.05, 4.69) is 0 Å². The Balaban J connectivity index is 2.18. The standard InChI is InChI=1S/C15H11NO3/c1-19-11-7-8-12-13(9-11)16(15(18)14(12)17)10-5-3-2-4-6-10/h2-9H,1H3. The molecule has 0 bridgehead atoms. The highest BCUT2D eigenvalue weighted by Gasteiger charge is 2.36.